The topological polar surface area (TPSA) is 55.8 Å². The molecule has 168 valence electrons. The SMILES string of the molecule is COc1cc(/C=C2\SC(=O)N(c3ccccc3Cl)C2=O)c(Br)cc1OCc1ccccc1Cl. The van der Waals surface area contributed by atoms with Gasteiger partial charge in [0, 0.05) is 15.1 Å². The van der Waals surface area contributed by atoms with Crippen molar-refractivity contribution in [3.8, 4) is 11.5 Å². The largest absolute Gasteiger partial charge is 0.493 e. The van der Waals surface area contributed by atoms with Crippen molar-refractivity contribution in [1.82, 2.24) is 0 Å². The first-order valence-electron chi connectivity index (χ1n) is 9.65. The maximum atomic E-state index is 13.0. The molecule has 0 bridgehead atoms. The molecule has 4 rings (SSSR count). The Balaban J connectivity index is 1.60. The van der Waals surface area contributed by atoms with Crippen molar-refractivity contribution in [2.75, 3.05) is 12.0 Å². The van der Waals surface area contributed by atoms with Crippen LogP contribution < -0.4 is 14.4 Å². The van der Waals surface area contributed by atoms with E-state index in [1.54, 1.807) is 48.5 Å². The minimum Gasteiger partial charge on any atom is -0.493 e. The van der Waals surface area contributed by atoms with Crippen LogP contribution >= 0.6 is 50.9 Å². The van der Waals surface area contributed by atoms with Crippen molar-refractivity contribution in [2.24, 2.45) is 0 Å². The number of anilines is 1. The summed E-state index contributed by atoms with van der Waals surface area (Å²) in [7, 11) is 1.53. The Bertz CT molecular complexity index is 1280. The van der Waals surface area contributed by atoms with Crippen molar-refractivity contribution in [3.63, 3.8) is 0 Å². The summed E-state index contributed by atoms with van der Waals surface area (Å²) >= 11 is 16.8. The fourth-order valence-corrected chi connectivity index (χ4v) is 4.83. The highest BCUT2D eigenvalue weighted by Gasteiger charge is 2.37. The summed E-state index contributed by atoms with van der Waals surface area (Å²) in [5.41, 5.74) is 1.85. The molecule has 0 saturated carbocycles. The molecule has 0 spiro atoms. The van der Waals surface area contributed by atoms with Gasteiger partial charge in [0.25, 0.3) is 11.1 Å². The van der Waals surface area contributed by atoms with E-state index in [1.165, 1.54) is 7.11 Å². The van der Waals surface area contributed by atoms with E-state index in [4.69, 9.17) is 32.7 Å². The van der Waals surface area contributed by atoms with Gasteiger partial charge in [0.05, 0.1) is 22.7 Å². The molecule has 9 heteroatoms. The molecule has 1 aliphatic heterocycles. The average molecular weight is 565 g/mol. The molecule has 1 heterocycles. The highest BCUT2D eigenvalue weighted by Crippen LogP contribution is 2.41. The highest BCUT2D eigenvalue weighted by molar-refractivity contribution is 9.10. The van der Waals surface area contributed by atoms with Crippen LogP contribution in [0.1, 0.15) is 11.1 Å². The number of imide groups is 1. The second-order valence-corrected chi connectivity index (χ2v) is 9.54. The standard InChI is InChI=1S/C24H16BrCl2NO4S/c1-31-20-10-15(16(25)12-21(20)32-13-14-6-2-3-7-17(14)26)11-22-23(29)28(24(30)33-22)19-9-5-4-8-18(19)27/h2-12H,13H2,1H3/b22-11-. The summed E-state index contributed by atoms with van der Waals surface area (Å²) < 4.78 is 12.1. The zero-order valence-electron chi connectivity index (χ0n) is 17.2. The molecule has 0 aromatic heterocycles. The zero-order valence-corrected chi connectivity index (χ0v) is 21.1. The van der Waals surface area contributed by atoms with E-state index in [0.717, 1.165) is 22.2 Å². The van der Waals surface area contributed by atoms with Crippen LogP contribution in [-0.4, -0.2) is 18.3 Å². The van der Waals surface area contributed by atoms with E-state index in [9.17, 15) is 9.59 Å². The van der Waals surface area contributed by atoms with Crippen LogP contribution in [0.15, 0.2) is 70.0 Å². The Labute approximate surface area is 213 Å². The van der Waals surface area contributed by atoms with E-state index < -0.39 is 11.1 Å². The van der Waals surface area contributed by atoms with Gasteiger partial charge in [-0.25, -0.2) is 4.90 Å². The number of methoxy groups -OCH3 is 1. The molecule has 0 atom stereocenters. The fourth-order valence-electron chi connectivity index (χ4n) is 3.15. The number of carbonyl (C=O) groups excluding carboxylic acids is 2. The van der Waals surface area contributed by atoms with E-state index in [2.05, 4.69) is 15.9 Å². The lowest BCUT2D eigenvalue weighted by atomic mass is 10.1. The second kappa shape index (κ2) is 10.2. The number of para-hydroxylation sites is 1. The van der Waals surface area contributed by atoms with E-state index in [0.29, 0.717) is 37.3 Å². The van der Waals surface area contributed by atoms with Gasteiger partial charge in [-0.05, 0) is 53.7 Å². The lowest BCUT2D eigenvalue weighted by molar-refractivity contribution is -0.113. The first kappa shape index (κ1) is 23.7. The van der Waals surface area contributed by atoms with Crippen LogP contribution in [0.5, 0.6) is 11.5 Å². The molecule has 3 aromatic carbocycles. The van der Waals surface area contributed by atoms with Crippen LogP contribution in [0.4, 0.5) is 10.5 Å². The molecule has 1 fully saturated rings. The number of carbonyl (C=O) groups is 2. The van der Waals surface area contributed by atoms with E-state index in [-0.39, 0.29) is 11.5 Å². The van der Waals surface area contributed by atoms with Crippen molar-refractivity contribution < 1.29 is 19.1 Å². The van der Waals surface area contributed by atoms with Crippen LogP contribution in [-0.2, 0) is 11.4 Å². The maximum Gasteiger partial charge on any atom is 0.298 e. The average Bonchev–Trinajstić information content (AvgIpc) is 3.07. The van der Waals surface area contributed by atoms with Crippen LogP contribution in [0.3, 0.4) is 0 Å². The van der Waals surface area contributed by atoms with Gasteiger partial charge in [0.1, 0.15) is 6.61 Å². The second-order valence-electron chi connectivity index (χ2n) is 6.87. The number of benzene rings is 3. The normalized spacial score (nSPS) is 14.8. The maximum absolute atomic E-state index is 13.0. The van der Waals surface area contributed by atoms with Crippen LogP contribution in [0.2, 0.25) is 10.0 Å². The fraction of sp³-hybridized carbons (Fsp3) is 0.0833. The minimum absolute atomic E-state index is 0.262. The molecule has 33 heavy (non-hydrogen) atoms. The number of hydrogen-bond donors (Lipinski definition) is 0. The molecule has 1 saturated heterocycles. The van der Waals surface area contributed by atoms with Crippen molar-refractivity contribution >= 4 is 73.8 Å². The Morgan fingerprint density at radius 2 is 1.70 bits per heavy atom. The molecule has 0 radical (unpaired) electrons. The lowest BCUT2D eigenvalue weighted by Gasteiger charge is -2.14. The smallest absolute Gasteiger partial charge is 0.298 e. The predicted octanol–water partition coefficient (Wildman–Crippen LogP) is 7.58. The summed E-state index contributed by atoms with van der Waals surface area (Å²) in [4.78, 5) is 26.9. The molecular weight excluding hydrogens is 549 g/mol. The number of rotatable bonds is 6. The van der Waals surface area contributed by atoms with Gasteiger partial charge in [-0.2, -0.15) is 0 Å². The van der Waals surface area contributed by atoms with Crippen molar-refractivity contribution in [2.45, 2.75) is 6.61 Å². The third-order valence-electron chi connectivity index (χ3n) is 4.80. The Morgan fingerprint density at radius 1 is 1.00 bits per heavy atom. The molecule has 5 nitrogen and oxygen atoms in total. The third-order valence-corrected chi connectivity index (χ3v) is 7.04. The van der Waals surface area contributed by atoms with E-state index in [1.807, 2.05) is 18.2 Å². The van der Waals surface area contributed by atoms with Crippen molar-refractivity contribution in [1.29, 1.82) is 0 Å². The van der Waals surface area contributed by atoms with Gasteiger partial charge in [-0.15, -0.1) is 0 Å². The monoisotopic (exact) mass is 563 g/mol. The summed E-state index contributed by atoms with van der Waals surface area (Å²) in [6, 6.07) is 17.6. The summed E-state index contributed by atoms with van der Waals surface area (Å²) in [5, 5.41) is 0.521. The molecule has 0 unspecified atom stereocenters. The quantitative estimate of drug-likeness (QED) is 0.289. The number of nitrogens with zero attached hydrogens (tertiary/aromatic N) is 1. The lowest BCUT2D eigenvalue weighted by Crippen LogP contribution is -2.27. The minimum atomic E-state index is -0.442. The molecule has 3 aromatic rings. The summed E-state index contributed by atoms with van der Waals surface area (Å²) in [5.74, 6) is 0.537. The van der Waals surface area contributed by atoms with Gasteiger partial charge in [-0.3, -0.25) is 9.59 Å². The Kier molecular flexibility index (Phi) is 7.34. The highest BCUT2D eigenvalue weighted by atomic mass is 79.9. The van der Waals surface area contributed by atoms with Crippen LogP contribution in [0, 0.1) is 0 Å². The van der Waals surface area contributed by atoms with E-state index >= 15 is 0 Å². The van der Waals surface area contributed by atoms with Crippen molar-refractivity contribution in [3.05, 3.63) is 91.2 Å². The Hall–Kier alpha value is -2.45. The molecule has 0 N–H and O–H groups in total. The summed E-state index contributed by atoms with van der Waals surface area (Å²) in [6.07, 6.45) is 1.63. The molecule has 1 aliphatic rings. The number of amides is 2. The Morgan fingerprint density at radius 3 is 2.39 bits per heavy atom. The molecule has 2 amide bonds. The summed E-state index contributed by atoms with van der Waals surface area (Å²) in [6.45, 7) is 0.262. The zero-order chi connectivity index (χ0) is 23.5. The number of hydrogen-bond acceptors (Lipinski definition) is 5. The van der Waals surface area contributed by atoms with Gasteiger partial charge in [0.2, 0.25) is 0 Å². The molecule has 0 aliphatic carbocycles. The number of halogens is 3. The van der Waals surface area contributed by atoms with Gasteiger partial charge >= 0.3 is 0 Å². The molecular formula is C24H16BrCl2NO4S. The first-order chi connectivity index (χ1) is 15.9. The van der Waals surface area contributed by atoms with Gasteiger partial charge in [-0.1, -0.05) is 69.5 Å². The van der Waals surface area contributed by atoms with Gasteiger partial charge < -0.3 is 9.47 Å². The predicted molar refractivity (Wildman–Crippen MR) is 136 cm³/mol. The first-order valence-corrected chi connectivity index (χ1v) is 12.0. The van der Waals surface area contributed by atoms with Gasteiger partial charge in [0.15, 0.2) is 11.5 Å². The number of ether oxygens (including phenoxy) is 2. The van der Waals surface area contributed by atoms with Crippen LogP contribution in [0.25, 0.3) is 6.08 Å². The third kappa shape index (κ3) is 5.06. The number of thioether (sulfide) groups is 1.